The molecule has 146 valence electrons. The number of benzene rings is 2. The molecule has 0 bridgehead atoms. The van der Waals surface area contributed by atoms with Crippen molar-refractivity contribution in [2.24, 2.45) is 0 Å². The van der Waals surface area contributed by atoms with E-state index in [4.69, 9.17) is 0 Å². The third kappa shape index (κ3) is 5.00. The second kappa shape index (κ2) is 9.21. The van der Waals surface area contributed by atoms with Crippen molar-refractivity contribution >= 4 is 39.7 Å². The number of carbonyl (C=O) groups is 1. The molecule has 0 spiro atoms. The molecule has 2 aromatic rings. The van der Waals surface area contributed by atoms with Crippen LogP contribution in [-0.2, 0) is 16.6 Å². The molecule has 0 aromatic heterocycles. The molecular formula is C19H24ClN3O3S. The molecule has 6 nitrogen and oxygen atoms in total. The summed E-state index contributed by atoms with van der Waals surface area (Å²) in [6.07, 6.45) is 0.608. The maximum atomic E-state index is 12.7. The maximum Gasteiger partial charge on any atom is 0.255 e. The predicted molar refractivity (Wildman–Crippen MR) is 111 cm³/mol. The minimum Gasteiger partial charge on any atom is -0.322 e. The van der Waals surface area contributed by atoms with Crippen LogP contribution in [0.25, 0.3) is 0 Å². The molecule has 0 atom stereocenters. The number of amides is 1. The molecule has 2 N–H and O–H groups in total. The Hall–Kier alpha value is -2.09. The van der Waals surface area contributed by atoms with Gasteiger partial charge in [-0.3, -0.25) is 9.10 Å². The van der Waals surface area contributed by atoms with Crippen LogP contribution in [0, 0.1) is 0 Å². The van der Waals surface area contributed by atoms with Crippen LogP contribution in [0.15, 0.2) is 48.5 Å². The Labute approximate surface area is 166 Å². The van der Waals surface area contributed by atoms with E-state index >= 15 is 0 Å². The molecule has 0 radical (unpaired) electrons. The molecule has 3 rings (SSSR count). The number of hydrogen-bond donors (Lipinski definition) is 2. The zero-order valence-electron chi connectivity index (χ0n) is 15.1. The van der Waals surface area contributed by atoms with Crippen LogP contribution in [0.2, 0.25) is 0 Å². The maximum absolute atomic E-state index is 12.7. The van der Waals surface area contributed by atoms with E-state index in [1.165, 1.54) is 4.31 Å². The van der Waals surface area contributed by atoms with E-state index in [0.29, 0.717) is 30.8 Å². The molecule has 0 saturated carbocycles. The van der Waals surface area contributed by atoms with Crippen molar-refractivity contribution in [1.29, 1.82) is 0 Å². The Balaban J connectivity index is 0.00000261. The Morgan fingerprint density at radius 1 is 1.15 bits per heavy atom. The second-order valence-electron chi connectivity index (χ2n) is 6.18. The Kier molecular flexibility index (Phi) is 7.24. The fourth-order valence-corrected chi connectivity index (χ4v) is 4.54. The number of sulfonamides is 1. The Bertz CT molecular complexity index is 903. The Morgan fingerprint density at radius 3 is 2.63 bits per heavy atom. The summed E-state index contributed by atoms with van der Waals surface area (Å²) in [6.45, 7) is 3.99. The average Bonchev–Trinajstić information content (AvgIpc) is 3.00. The van der Waals surface area contributed by atoms with Crippen LogP contribution in [0.1, 0.15) is 29.3 Å². The van der Waals surface area contributed by atoms with E-state index in [0.717, 1.165) is 17.8 Å². The molecule has 2 aromatic carbocycles. The smallest absolute Gasteiger partial charge is 0.255 e. The number of anilines is 2. The van der Waals surface area contributed by atoms with Crippen molar-refractivity contribution in [1.82, 2.24) is 5.32 Å². The van der Waals surface area contributed by atoms with Gasteiger partial charge in [-0.25, -0.2) is 8.42 Å². The summed E-state index contributed by atoms with van der Waals surface area (Å²) in [5, 5.41) is 6.18. The van der Waals surface area contributed by atoms with Gasteiger partial charge in [0, 0.05) is 24.3 Å². The van der Waals surface area contributed by atoms with Crippen LogP contribution in [-0.4, -0.2) is 33.2 Å². The van der Waals surface area contributed by atoms with E-state index < -0.39 is 10.0 Å². The van der Waals surface area contributed by atoms with Crippen molar-refractivity contribution in [3.8, 4) is 0 Å². The molecule has 1 saturated heterocycles. The number of para-hydroxylation sites is 1. The highest BCUT2D eigenvalue weighted by molar-refractivity contribution is 7.93. The zero-order chi connectivity index (χ0) is 18.6. The highest BCUT2D eigenvalue weighted by atomic mass is 35.5. The van der Waals surface area contributed by atoms with Crippen LogP contribution in [0.3, 0.4) is 0 Å². The van der Waals surface area contributed by atoms with E-state index in [1.54, 1.807) is 24.3 Å². The highest BCUT2D eigenvalue weighted by Crippen LogP contribution is 2.25. The molecule has 0 unspecified atom stereocenters. The second-order valence-corrected chi connectivity index (χ2v) is 8.20. The van der Waals surface area contributed by atoms with Gasteiger partial charge >= 0.3 is 0 Å². The monoisotopic (exact) mass is 409 g/mol. The third-order valence-corrected chi connectivity index (χ3v) is 6.20. The quantitative estimate of drug-likeness (QED) is 0.768. The summed E-state index contributed by atoms with van der Waals surface area (Å²) >= 11 is 0. The largest absolute Gasteiger partial charge is 0.322 e. The summed E-state index contributed by atoms with van der Waals surface area (Å²) in [5.41, 5.74) is 2.72. The van der Waals surface area contributed by atoms with Crippen LogP contribution in [0.5, 0.6) is 0 Å². The molecule has 1 aliphatic rings. The number of nitrogens with one attached hydrogen (secondary N) is 2. The number of nitrogens with zero attached hydrogens (tertiary/aromatic N) is 1. The van der Waals surface area contributed by atoms with E-state index in [-0.39, 0.29) is 24.1 Å². The van der Waals surface area contributed by atoms with Gasteiger partial charge in [0.2, 0.25) is 10.0 Å². The minimum atomic E-state index is -3.27. The van der Waals surface area contributed by atoms with Gasteiger partial charge in [0.05, 0.1) is 11.4 Å². The molecule has 1 heterocycles. The van der Waals surface area contributed by atoms with E-state index in [9.17, 15) is 13.2 Å². The number of halogens is 1. The first kappa shape index (κ1) is 21.2. The van der Waals surface area contributed by atoms with Crippen LogP contribution >= 0.6 is 12.4 Å². The van der Waals surface area contributed by atoms with Crippen LogP contribution < -0.4 is 14.9 Å². The Morgan fingerprint density at radius 2 is 1.93 bits per heavy atom. The minimum absolute atomic E-state index is 0. The van der Waals surface area contributed by atoms with Gasteiger partial charge in [0.25, 0.3) is 5.91 Å². The molecule has 27 heavy (non-hydrogen) atoms. The predicted octanol–water partition coefficient (Wildman–Crippen LogP) is 3.01. The highest BCUT2D eigenvalue weighted by Gasteiger charge is 2.28. The number of rotatable bonds is 6. The van der Waals surface area contributed by atoms with Crippen molar-refractivity contribution < 1.29 is 13.2 Å². The lowest BCUT2D eigenvalue weighted by Crippen LogP contribution is -2.25. The molecule has 0 aliphatic carbocycles. The van der Waals surface area contributed by atoms with Gasteiger partial charge < -0.3 is 10.6 Å². The lowest BCUT2D eigenvalue weighted by atomic mass is 10.1. The molecule has 8 heteroatoms. The summed E-state index contributed by atoms with van der Waals surface area (Å²) in [5.74, 6) is -0.103. The van der Waals surface area contributed by atoms with Crippen molar-refractivity contribution in [3.05, 3.63) is 59.7 Å². The van der Waals surface area contributed by atoms with Gasteiger partial charge in [-0.2, -0.15) is 0 Å². The summed E-state index contributed by atoms with van der Waals surface area (Å²) in [4.78, 5) is 12.7. The van der Waals surface area contributed by atoms with Gasteiger partial charge in [-0.05, 0) is 42.8 Å². The summed E-state index contributed by atoms with van der Waals surface area (Å²) < 4.78 is 25.6. The summed E-state index contributed by atoms with van der Waals surface area (Å²) in [7, 11) is -3.27. The topological polar surface area (TPSA) is 78.5 Å². The first-order chi connectivity index (χ1) is 12.5. The first-order valence-electron chi connectivity index (χ1n) is 8.72. The number of hydrogen-bond acceptors (Lipinski definition) is 4. The van der Waals surface area contributed by atoms with Gasteiger partial charge in [-0.1, -0.05) is 31.2 Å². The first-order valence-corrected chi connectivity index (χ1v) is 10.3. The molecular weight excluding hydrogens is 386 g/mol. The lowest BCUT2D eigenvalue weighted by molar-refractivity contribution is 0.102. The SMILES string of the molecule is CCNCc1ccccc1NC(=O)c1cccc(N2CCCS2(=O)=O)c1.Cl. The fraction of sp³-hybridized carbons (Fsp3) is 0.316. The normalized spacial score (nSPS) is 15.2. The van der Waals surface area contributed by atoms with Crippen molar-refractivity contribution in [2.75, 3.05) is 28.5 Å². The third-order valence-electron chi connectivity index (χ3n) is 4.33. The standard InChI is InChI=1S/C19H23N3O3S.ClH/c1-2-20-14-16-7-3-4-10-18(16)21-19(23)15-8-5-9-17(13-15)22-11-6-12-26(22,24)25;/h3-5,7-10,13,20H,2,6,11-12,14H2,1H3,(H,21,23);1H. The van der Waals surface area contributed by atoms with Gasteiger partial charge in [0.1, 0.15) is 0 Å². The van der Waals surface area contributed by atoms with E-state index in [2.05, 4.69) is 10.6 Å². The molecule has 1 fully saturated rings. The van der Waals surface area contributed by atoms with Gasteiger partial charge in [-0.15, -0.1) is 12.4 Å². The van der Waals surface area contributed by atoms with Crippen molar-refractivity contribution in [3.63, 3.8) is 0 Å². The average molecular weight is 410 g/mol. The fourth-order valence-electron chi connectivity index (χ4n) is 2.98. The van der Waals surface area contributed by atoms with Crippen molar-refractivity contribution in [2.45, 2.75) is 19.9 Å². The summed E-state index contributed by atoms with van der Waals surface area (Å²) in [6, 6.07) is 14.4. The van der Waals surface area contributed by atoms with Crippen LogP contribution in [0.4, 0.5) is 11.4 Å². The molecule has 1 aliphatic heterocycles. The van der Waals surface area contributed by atoms with Gasteiger partial charge in [0.15, 0.2) is 0 Å². The molecule has 1 amide bonds. The zero-order valence-corrected chi connectivity index (χ0v) is 16.8. The van der Waals surface area contributed by atoms with E-state index in [1.807, 2.05) is 31.2 Å². The lowest BCUT2D eigenvalue weighted by Gasteiger charge is -2.18. The number of carbonyl (C=O) groups excluding carboxylic acids is 1.